The number of hydrogen-bond donors (Lipinski definition) is 3. The van der Waals surface area contributed by atoms with Crippen LogP contribution >= 0.6 is 12.2 Å². The Morgan fingerprint density at radius 1 is 1.00 bits per heavy atom. The highest BCUT2D eigenvalue weighted by atomic mass is 32.2. The maximum absolute atomic E-state index is 13.5. The summed E-state index contributed by atoms with van der Waals surface area (Å²) in [6, 6.07) is 22.2. The first-order chi connectivity index (χ1) is 16.5. The summed E-state index contributed by atoms with van der Waals surface area (Å²) in [5.74, 6) is 0.453. The average molecular weight is 497 g/mol. The van der Waals surface area contributed by atoms with E-state index in [0.717, 1.165) is 31.5 Å². The molecule has 3 N–H and O–H groups in total. The van der Waals surface area contributed by atoms with Crippen LogP contribution in [-0.4, -0.2) is 33.7 Å². The summed E-state index contributed by atoms with van der Waals surface area (Å²) < 4.78 is 35.1. The molecule has 1 aliphatic rings. The first-order valence-corrected chi connectivity index (χ1v) is 13.0. The number of sulfonamides is 1. The third-order valence-electron chi connectivity index (χ3n) is 5.60. The van der Waals surface area contributed by atoms with Gasteiger partial charge in [0.1, 0.15) is 10.6 Å². The maximum atomic E-state index is 13.5. The predicted molar refractivity (Wildman–Crippen MR) is 141 cm³/mol. The van der Waals surface area contributed by atoms with Gasteiger partial charge in [0.05, 0.1) is 18.5 Å². The van der Waals surface area contributed by atoms with E-state index in [9.17, 15) is 8.42 Å². The lowest BCUT2D eigenvalue weighted by Gasteiger charge is -2.23. The Labute approximate surface area is 206 Å². The number of methoxy groups -OCH3 is 1. The minimum Gasteiger partial charge on any atom is -0.495 e. The Hall–Kier alpha value is -3.30. The normalized spacial score (nSPS) is 13.4. The number of hydrogen-bond acceptors (Lipinski definition) is 5. The molecule has 0 atom stereocenters. The molecular formula is C25H28N4O3S2. The van der Waals surface area contributed by atoms with Crippen LogP contribution in [0.3, 0.4) is 0 Å². The van der Waals surface area contributed by atoms with Crippen molar-refractivity contribution in [1.82, 2.24) is 5.32 Å². The molecule has 0 bridgehead atoms. The van der Waals surface area contributed by atoms with Gasteiger partial charge >= 0.3 is 0 Å². The Balaban J connectivity index is 1.58. The van der Waals surface area contributed by atoms with Crippen LogP contribution in [0.25, 0.3) is 0 Å². The Morgan fingerprint density at radius 2 is 1.71 bits per heavy atom. The van der Waals surface area contributed by atoms with Crippen molar-refractivity contribution in [3.8, 4) is 5.75 Å². The highest BCUT2D eigenvalue weighted by Crippen LogP contribution is 2.34. The van der Waals surface area contributed by atoms with Crippen LogP contribution in [0.5, 0.6) is 5.75 Å². The molecule has 4 rings (SSSR count). The Bertz CT molecular complexity index is 1240. The zero-order valence-electron chi connectivity index (χ0n) is 19.0. The van der Waals surface area contributed by atoms with Gasteiger partial charge in [-0.1, -0.05) is 42.5 Å². The fourth-order valence-corrected chi connectivity index (χ4v) is 5.42. The molecule has 0 unspecified atom stereocenters. The fourth-order valence-electron chi connectivity index (χ4n) is 3.91. The first-order valence-electron chi connectivity index (χ1n) is 11.1. The van der Waals surface area contributed by atoms with Crippen LogP contribution in [-0.2, 0) is 16.6 Å². The number of nitrogens with one attached hydrogen (secondary N) is 3. The topological polar surface area (TPSA) is 82.7 Å². The Kier molecular flexibility index (Phi) is 7.54. The lowest BCUT2D eigenvalue weighted by atomic mass is 10.2. The molecule has 3 aromatic rings. The molecule has 1 saturated heterocycles. The number of thiocarbonyl (C=S) groups is 1. The van der Waals surface area contributed by atoms with Crippen LogP contribution in [0.1, 0.15) is 18.4 Å². The van der Waals surface area contributed by atoms with Gasteiger partial charge in [-0.3, -0.25) is 4.72 Å². The van der Waals surface area contributed by atoms with Crippen molar-refractivity contribution >= 4 is 44.4 Å². The van der Waals surface area contributed by atoms with Gasteiger partial charge in [-0.25, -0.2) is 8.42 Å². The molecule has 7 nitrogen and oxygen atoms in total. The first kappa shape index (κ1) is 23.8. The predicted octanol–water partition coefficient (Wildman–Crippen LogP) is 4.58. The SMILES string of the molecule is COc1ccccc1NS(=O)(=O)c1cc(NC(=S)NCc2ccccc2)ccc1N1CCCC1. The third kappa shape index (κ3) is 5.78. The van der Waals surface area contributed by atoms with Gasteiger partial charge < -0.3 is 20.3 Å². The molecule has 34 heavy (non-hydrogen) atoms. The van der Waals surface area contributed by atoms with E-state index in [1.165, 1.54) is 7.11 Å². The fraction of sp³-hybridized carbons (Fsp3) is 0.240. The van der Waals surface area contributed by atoms with Crippen molar-refractivity contribution in [3.05, 3.63) is 78.4 Å². The van der Waals surface area contributed by atoms with E-state index in [1.54, 1.807) is 30.3 Å². The maximum Gasteiger partial charge on any atom is 0.264 e. The van der Waals surface area contributed by atoms with E-state index in [2.05, 4.69) is 20.3 Å². The summed E-state index contributed by atoms with van der Waals surface area (Å²) in [6.45, 7) is 2.21. The molecule has 0 saturated carbocycles. The number of nitrogens with zero attached hydrogens (tertiary/aromatic N) is 1. The van der Waals surface area contributed by atoms with Gasteiger partial charge in [-0.2, -0.15) is 0 Å². The number of ether oxygens (including phenoxy) is 1. The molecule has 0 aromatic heterocycles. The zero-order valence-corrected chi connectivity index (χ0v) is 20.6. The summed E-state index contributed by atoms with van der Waals surface area (Å²) in [7, 11) is -2.39. The number of para-hydroxylation sites is 2. The molecule has 1 fully saturated rings. The molecule has 1 heterocycles. The molecule has 1 aliphatic heterocycles. The lowest BCUT2D eigenvalue weighted by Crippen LogP contribution is -2.28. The van der Waals surface area contributed by atoms with Gasteiger partial charge in [-0.15, -0.1) is 0 Å². The zero-order chi connectivity index (χ0) is 24.0. The van der Waals surface area contributed by atoms with E-state index < -0.39 is 10.0 Å². The molecule has 0 aliphatic carbocycles. The van der Waals surface area contributed by atoms with Gasteiger partial charge in [0.2, 0.25) is 0 Å². The van der Waals surface area contributed by atoms with E-state index in [1.807, 2.05) is 42.5 Å². The molecule has 0 amide bonds. The smallest absolute Gasteiger partial charge is 0.264 e. The second kappa shape index (κ2) is 10.8. The molecule has 0 spiro atoms. The van der Waals surface area contributed by atoms with Crippen LogP contribution in [0, 0.1) is 0 Å². The summed E-state index contributed by atoms with van der Waals surface area (Å²) >= 11 is 5.44. The molecule has 178 valence electrons. The minimum atomic E-state index is -3.90. The van der Waals surface area contributed by atoms with Crippen molar-refractivity contribution in [1.29, 1.82) is 0 Å². The summed E-state index contributed by atoms with van der Waals surface area (Å²) in [6.07, 6.45) is 2.07. The summed E-state index contributed by atoms with van der Waals surface area (Å²) in [5.41, 5.74) is 2.75. The summed E-state index contributed by atoms with van der Waals surface area (Å²) in [5, 5.41) is 6.69. The number of rotatable bonds is 8. The van der Waals surface area contributed by atoms with Gasteiger partial charge in [0.15, 0.2) is 5.11 Å². The van der Waals surface area contributed by atoms with Crippen molar-refractivity contribution in [3.63, 3.8) is 0 Å². The second-order valence-electron chi connectivity index (χ2n) is 7.98. The molecule has 0 radical (unpaired) electrons. The van der Waals surface area contributed by atoms with Crippen molar-refractivity contribution in [2.45, 2.75) is 24.3 Å². The number of benzene rings is 3. The van der Waals surface area contributed by atoms with E-state index in [-0.39, 0.29) is 4.90 Å². The van der Waals surface area contributed by atoms with Crippen LogP contribution < -0.4 is 25.0 Å². The molecule has 3 aromatic carbocycles. The van der Waals surface area contributed by atoms with E-state index in [0.29, 0.717) is 34.5 Å². The molecule has 9 heteroatoms. The largest absolute Gasteiger partial charge is 0.495 e. The third-order valence-corrected chi connectivity index (χ3v) is 7.24. The van der Waals surface area contributed by atoms with E-state index >= 15 is 0 Å². The second-order valence-corrected chi connectivity index (χ2v) is 10.0. The standard InChI is InChI=1S/C25H28N4O3S2/c1-32-23-12-6-5-11-21(23)28-34(30,31)24-17-20(13-14-22(24)29-15-7-8-16-29)27-25(33)26-18-19-9-3-2-4-10-19/h2-6,9-14,17,28H,7-8,15-16,18H2,1H3,(H2,26,27,33). The monoisotopic (exact) mass is 496 g/mol. The van der Waals surface area contributed by atoms with Crippen LogP contribution in [0.4, 0.5) is 17.1 Å². The summed E-state index contributed by atoms with van der Waals surface area (Å²) in [4.78, 5) is 2.29. The van der Waals surface area contributed by atoms with Crippen LogP contribution in [0.15, 0.2) is 77.7 Å². The van der Waals surface area contributed by atoms with Crippen molar-refractivity contribution < 1.29 is 13.2 Å². The quantitative estimate of drug-likeness (QED) is 0.394. The number of anilines is 3. The Morgan fingerprint density at radius 3 is 2.44 bits per heavy atom. The lowest BCUT2D eigenvalue weighted by molar-refractivity contribution is 0.417. The van der Waals surface area contributed by atoms with E-state index in [4.69, 9.17) is 17.0 Å². The van der Waals surface area contributed by atoms with Crippen molar-refractivity contribution in [2.75, 3.05) is 35.1 Å². The van der Waals surface area contributed by atoms with Gasteiger partial charge in [0, 0.05) is 25.3 Å². The van der Waals surface area contributed by atoms with Crippen molar-refractivity contribution in [2.24, 2.45) is 0 Å². The highest BCUT2D eigenvalue weighted by molar-refractivity contribution is 7.93. The highest BCUT2D eigenvalue weighted by Gasteiger charge is 2.25. The molecular weight excluding hydrogens is 468 g/mol. The van der Waals surface area contributed by atoms with Crippen LogP contribution in [0.2, 0.25) is 0 Å². The average Bonchev–Trinajstić information content (AvgIpc) is 3.38. The van der Waals surface area contributed by atoms with Gasteiger partial charge in [0.25, 0.3) is 10.0 Å². The minimum absolute atomic E-state index is 0.191. The van der Waals surface area contributed by atoms with Gasteiger partial charge in [-0.05, 0) is 61.0 Å².